The molecular weight excluding hydrogens is 339 g/mol. The summed E-state index contributed by atoms with van der Waals surface area (Å²) in [4.78, 5) is 12.4. The second kappa shape index (κ2) is 6.72. The molecule has 110 valence electrons. The highest BCUT2D eigenvalue weighted by Crippen LogP contribution is 2.26. The average Bonchev–Trinajstić information content (AvgIpc) is 2.49. The number of halogens is 2. The number of hydrogen-bond acceptors (Lipinski definition) is 3. The van der Waals surface area contributed by atoms with Crippen molar-refractivity contribution >= 4 is 21.7 Å². The van der Waals surface area contributed by atoms with Crippen LogP contribution in [0, 0.1) is 5.82 Å². The molecule has 0 bridgehead atoms. The minimum absolute atomic E-state index is 0.0468. The number of rotatable bonds is 5. The Morgan fingerprint density at radius 2 is 1.95 bits per heavy atom. The van der Waals surface area contributed by atoms with Crippen molar-refractivity contribution in [3.8, 4) is 11.5 Å². The first-order chi connectivity index (χ1) is 10.1. The van der Waals surface area contributed by atoms with E-state index in [-0.39, 0.29) is 18.0 Å². The molecule has 2 aromatic carbocycles. The Labute approximate surface area is 130 Å². The van der Waals surface area contributed by atoms with Gasteiger partial charge in [0.15, 0.2) is 17.3 Å². The van der Waals surface area contributed by atoms with Crippen molar-refractivity contribution in [1.29, 1.82) is 0 Å². The SMILES string of the molecule is COc1ccc(Br)c(C(=O)Cc2cccc(OC)c2F)c1. The van der Waals surface area contributed by atoms with Crippen LogP contribution in [0.25, 0.3) is 0 Å². The number of benzene rings is 2. The Kier molecular flexibility index (Phi) is 4.96. The van der Waals surface area contributed by atoms with E-state index < -0.39 is 5.82 Å². The molecule has 2 aromatic rings. The number of ketones is 1. The molecule has 0 aromatic heterocycles. The summed E-state index contributed by atoms with van der Waals surface area (Å²) in [6.45, 7) is 0. The number of carbonyl (C=O) groups excluding carboxylic acids is 1. The molecular formula is C16H14BrFO3. The first-order valence-electron chi connectivity index (χ1n) is 6.25. The molecule has 0 amide bonds. The lowest BCUT2D eigenvalue weighted by Crippen LogP contribution is -2.07. The lowest BCUT2D eigenvalue weighted by atomic mass is 10.0. The third-order valence-electron chi connectivity index (χ3n) is 3.09. The zero-order valence-corrected chi connectivity index (χ0v) is 13.2. The van der Waals surface area contributed by atoms with Crippen LogP contribution in [0.5, 0.6) is 11.5 Å². The van der Waals surface area contributed by atoms with Crippen LogP contribution in [0.4, 0.5) is 4.39 Å². The summed E-state index contributed by atoms with van der Waals surface area (Å²) in [5, 5.41) is 0. The van der Waals surface area contributed by atoms with Gasteiger partial charge in [-0.05, 0) is 29.8 Å². The monoisotopic (exact) mass is 352 g/mol. The zero-order valence-electron chi connectivity index (χ0n) is 11.7. The molecule has 0 radical (unpaired) electrons. The van der Waals surface area contributed by atoms with Crippen molar-refractivity contribution in [1.82, 2.24) is 0 Å². The summed E-state index contributed by atoms with van der Waals surface area (Å²) in [6.07, 6.45) is -0.0468. The van der Waals surface area contributed by atoms with Crippen LogP contribution in [0.1, 0.15) is 15.9 Å². The summed E-state index contributed by atoms with van der Waals surface area (Å²) >= 11 is 3.33. The molecule has 0 aliphatic carbocycles. The molecule has 0 fully saturated rings. The van der Waals surface area contributed by atoms with Crippen molar-refractivity contribution in [2.75, 3.05) is 14.2 Å². The zero-order chi connectivity index (χ0) is 15.4. The minimum Gasteiger partial charge on any atom is -0.497 e. The predicted molar refractivity (Wildman–Crippen MR) is 81.7 cm³/mol. The van der Waals surface area contributed by atoms with Crippen LogP contribution >= 0.6 is 15.9 Å². The van der Waals surface area contributed by atoms with Gasteiger partial charge in [-0.2, -0.15) is 0 Å². The molecule has 0 aliphatic heterocycles. The van der Waals surface area contributed by atoms with E-state index in [0.29, 0.717) is 21.3 Å². The highest BCUT2D eigenvalue weighted by molar-refractivity contribution is 9.10. The highest BCUT2D eigenvalue weighted by atomic mass is 79.9. The molecule has 3 nitrogen and oxygen atoms in total. The van der Waals surface area contributed by atoms with Crippen LogP contribution in [0.15, 0.2) is 40.9 Å². The molecule has 2 rings (SSSR count). The average molecular weight is 353 g/mol. The van der Waals surface area contributed by atoms with Gasteiger partial charge >= 0.3 is 0 Å². The van der Waals surface area contributed by atoms with Gasteiger partial charge in [0.2, 0.25) is 0 Å². The number of Topliss-reactive ketones (excluding diaryl/α,β-unsaturated/α-hetero) is 1. The fraction of sp³-hybridized carbons (Fsp3) is 0.188. The molecule has 0 atom stereocenters. The van der Waals surface area contributed by atoms with Crippen LogP contribution in [-0.4, -0.2) is 20.0 Å². The Morgan fingerprint density at radius 3 is 2.62 bits per heavy atom. The van der Waals surface area contributed by atoms with E-state index in [0.717, 1.165) is 0 Å². The number of hydrogen-bond donors (Lipinski definition) is 0. The minimum atomic E-state index is -0.507. The molecule has 0 heterocycles. The second-order valence-corrected chi connectivity index (χ2v) is 5.23. The van der Waals surface area contributed by atoms with Gasteiger partial charge in [0.25, 0.3) is 0 Å². The first-order valence-corrected chi connectivity index (χ1v) is 7.04. The number of methoxy groups -OCH3 is 2. The largest absolute Gasteiger partial charge is 0.497 e. The molecule has 0 saturated heterocycles. The smallest absolute Gasteiger partial charge is 0.168 e. The number of carbonyl (C=O) groups is 1. The van der Waals surface area contributed by atoms with E-state index >= 15 is 0 Å². The highest BCUT2D eigenvalue weighted by Gasteiger charge is 2.16. The Balaban J connectivity index is 2.30. The second-order valence-electron chi connectivity index (χ2n) is 4.38. The lowest BCUT2D eigenvalue weighted by molar-refractivity contribution is 0.0990. The predicted octanol–water partition coefficient (Wildman–Crippen LogP) is 4.03. The van der Waals surface area contributed by atoms with E-state index in [9.17, 15) is 9.18 Å². The number of ether oxygens (including phenoxy) is 2. The van der Waals surface area contributed by atoms with Gasteiger partial charge in [-0.3, -0.25) is 4.79 Å². The Bertz CT molecular complexity index is 671. The molecule has 0 N–H and O–H groups in total. The fourth-order valence-corrected chi connectivity index (χ4v) is 2.43. The maximum absolute atomic E-state index is 14.1. The molecule has 21 heavy (non-hydrogen) atoms. The van der Waals surface area contributed by atoms with Gasteiger partial charge in [-0.1, -0.05) is 28.1 Å². The van der Waals surface area contributed by atoms with Crippen molar-refractivity contribution in [2.45, 2.75) is 6.42 Å². The lowest BCUT2D eigenvalue weighted by Gasteiger charge is -2.09. The maximum Gasteiger partial charge on any atom is 0.168 e. The van der Waals surface area contributed by atoms with Gasteiger partial charge in [-0.25, -0.2) is 4.39 Å². The van der Waals surface area contributed by atoms with E-state index in [1.54, 1.807) is 30.3 Å². The fourth-order valence-electron chi connectivity index (χ4n) is 1.96. The normalized spacial score (nSPS) is 10.3. The molecule has 0 spiro atoms. The van der Waals surface area contributed by atoms with Gasteiger partial charge in [0, 0.05) is 16.5 Å². The third-order valence-corrected chi connectivity index (χ3v) is 3.78. The van der Waals surface area contributed by atoms with Crippen molar-refractivity contribution in [3.63, 3.8) is 0 Å². The van der Waals surface area contributed by atoms with E-state index in [1.807, 2.05) is 0 Å². The summed E-state index contributed by atoms with van der Waals surface area (Å²) in [6, 6.07) is 9.85. The Hall–Kier alpha value is -1.88. The van der Waals surface area contributed by atoms with Gasteiger partial charge in [0.05, 0.1) is 14.2 Å². The summed E-state index contributed by atoms with van der Waals surface area (Å²) < 4.78 is 24.8. The molecule has 0 unspecified atom stereocenters. The van der Waals surface area contributed by atoms with Crippen LogP contribution in [0.3, 0.4) is 0 Å². The first kappa shape index (κ1) is 15.5. The Morgan fingerprint density at radius 1 is 1.19 bits per heavy atom. The topological polar surface area (TPSA) is 35.5 Å². The molecule has 0 aliphatic rings. The van der Waals surface area contributed by atoms with Crippen molar-refractivity contribution < 1.29 is 18.7 Å². The van der Waals surface area contributed by atoms with Gasteiger partial charge < -0.3 is 9.47 Å². The third kappa shape index (κ3) is 3.42. The van der Waals surface area contributed by atoms with Gasteiger partial charge in [0.1, 0.15) is 5.75 Å². The van der Waals surface area contributed by atoms with Crippen LogP contribution < -0.4 is 9.47 Å². The summed E-state index contributed by atoms with van der Waals surface area (Å²) in [5.41, 5.74) is 0.755. The quantitative estimate of drug-likeness (QED) is 0.762. The molecule has 5 heteroatoms. The summed E-state index contributed by atoms with van der Waals surface area (Å²) in [7, 11) is 2.92. The van der Waals surface area contributed by atoms with Crippen LogP contribution in [-0.2, 0) is 6.42 Å². The van der Waals surface area contributed by atoms with Gasteiger partial charge in [-0.15, -0.1) is 0 Å². The van der Waals surface area contributed by atoms with Crippen LogP contribution in [0.2, 0.25) is 0 Å². The summed E-state index contributed by atoms with van der Waals surface area (Å²) in [5.74, 6) is -0.00188. The van der Waals surface area contributed by atoms with E-state index in [1.165, 1.54) is 20.3 Å². The van der Waals surface area contributed by atoms with Crippen molar-refractivity contribution in [2.24, 2.45) is 0 Å². The standard InChI is InChI=1S/C16H14BrFO3/c1-20-11-6-7-13(17)12(9-11)14(19)8-10-4-3-5-15(21-2)16(10)18/h3-7,9H,8H2,1-2H3. The van der Waals surface area contributed by atoms with E-state index in [2.05, 4.69) is 15.9 Å². The maximum atomic E-state index is 14.1. The molecule has 0 saturated carbocycles. The van der Waals surface area contributed by atoms with Crippen molar-refractivity contribution in [3.05, 3.63) is 57.8 Å². The van der Waals surface area contributed by atoms with E-state index in [4.69, 9.17) is 9.47 Å².